The van der Waals surface area contributed by atoms with Crippen molar-refractivity contribution in [2.45, 2.75) is 59.0 Å². The minimum absolute atomic E-state index is 0.771. The van der Waals surface area contributed by atoms with Gasteiger partial charge < -0.3 is 10.2 Å². The fourth-order valence-electron chi connectivity index (χ4n) is 2.20. The topological polar surface area (TPSA) is 15.3 Å². The molecule has 90 valence electrons. The minimum atomic E-state index is 0.771. The monoisotopic (exact) mass is 212 g/mol. The second-order valence-electron chi connectivity index (χ2n) is 5.37. The van der Waals surface area contributed by atoms with Gasteiger partial charge in [0.25, 0.3) is 0 Å². The quantitative estimate of drug-likeness (QED) is 0.753. The van der Waals surface area contributed by atoms with Crippen LogP contribution in [0.3, 0.4) is 0 Å². The number of likely N-dealkylation sites (tertiary alicyclic amines) is 1. The summed E-state index contributed by atoms with van der Waals surface area (Å²) in [6.07, 6.45) is 3.94. The van der Waals surface area contributed by atoms with Crippen molar-refractivity contribution in [1.82, 2.24) is 10.2 Å². The predicted molar refractivity (Wildman–Crippen MR) is 67.2 cm³/mol. The average molecular weight is 212 g/mol. The molecule has 1 aliphatic rings. The molecule has 0 spiro atoms. The molecule has 0 aromatic heterocycles. The number of hydrogen-bond donors (Lipinski definition) is 1. The normalized spacial score (nSPS) is 22.2. The zero-order chi connectivity index (χ0) is 11.3. The van der Waals surface area contributed by atoms with Gasteiger partial charge in [0.05, 0.1) is 0 Å². The van der Waals surface area contributed by atoms with Gasteiger partial charge in [-0.15, -0.1) is 0 Å². The highest BCUT2D eigenvalue weighted by Gasteiger charge is 2.21. The molecule has 1 heterocycles. The van der Waals surface area contributed by atoms with Gasteiger partial charge in [-0.2, -0.15) is 0 Å². The molecule has 2 nitrogen and oxygen atoms in total. The highest BCUT2D eigenvalue weighted by molar-refractivity contribution is 4.79. The third kappa shape index (κ3) is 4.52. The van der Waals surface area contributed by atoms with Crippen molar-refractivity contribution in [1.29, 1.82) is 0 Å². The molecule has 1 fully saturated rings. The summed E-state index contributed by atoms with van der Waals surface area (Å²) in [5, 5.41) is 3.67. The SMILES string of the molecule is CCC(C)N1CCC(NCC(C)C)CC1. The second kappa shape index (κ2) is 6.49. The van der Waals surface area contributed by atoms with Crippen molar-refractivity contribution in [3.63, 3.8) is 0 Å². The Labute approximate surface area is 95.4 Å². The average Bonchev–Trinajstić information content (AvgIpc) is 2.26. The lowest BCUT2D eigenvalue weighted by molar-refractivity contribution is 0.148. The van der Waals surface area contributed by atoms with Gasteiger partial charge in [-0.1, -0.05) is 20.8 Å². The molecule has 1 unspecified atom stereocenters. The van der Waals surface area contributed by atoms with Gasteiger partial charge in [-0.25, -0.2) is 0 Å². The van der Waals surface area contributed by atoms with Crippen molar-refractivity contribution >= 4 is 0 Å². The molecule has 0 saturated carbocycles. The largest absolute Gasteiger partial charge is 0.314 e. The van der Waals surface area contributed by atoms with E-state index < -0.39 is 0 Å². The number of nitrogens with one attached hydrogen (secondary N) is 1. The van der Waals surface area contributed by atoms with E-state index >= 15 is 0 Å². The number of nitrogens with zero attached hydrogens (tertiary/aromatic N) is 1. The van der Waals surface area contributed by atoms with Crippen molar-refractivity contribution in [2.75, 3.05) is 19.6 Å². The van der Waals surface area contributed by atoms with Gasteiger partial charge >= 0.3 is 0 Å². The molecule has 0 aliphatic carbocycles. The molecule has 2 heteroatoms. The summed E-state index contributed by atoms with van der Waals surface area (Å²) in [4.78, 5) is 2.63. The van der Waals surface area contributed by atoms with E-state index in [0.29, 0.717) is 0 Å². The Morgan fingerprint density at radius 3 is 2.27 bits per heavy atom. The zero-order valence-electron chi connectivity index (χ0n) is 10.9. The molecular weight excluding hydrogens is 184 g/mol. The summed E-state index contributed by atoms with van der Waals surface area (Å²) < 4.78 is 0. The molecular formula is C13H28N2. The summed E-state index contributed by atoms with van der Waals surface area (Å²) >= 11 is 0. The maximum Gasteiger partial charge on any atom is 0.00915 e. The van der Waals surface area contributed by atoms with Crippen LogP contribution in [0.2, 0.25) is 0 Å². The molecule has 0 amide bonds. The second-order valence-corrected chi connectivity index (χ2v) is 5.37. The molecule has 1 saturated heterocycles. The zero-order valence-corrected chi connectivity index (χ0v) is 10.9. The van der Waals surface area contributed by atoms with Gasteiger partial charge in [0, 0.05) is 12.1 Å². The smallest absolute Gasteiger partial charge is 0.00915 e. The lowest BCUT2D eigenvalue weighted by Gasteiger charge is -2.36. The standard InChI is InChI=1S/C13H28N2/c1-5-12(4)15-8-6-13(7-9-15)14-10-11(2)3/h11-14H,5-10H2,1-4H3. The fraction of sp³-hybridized carbons (Fsp3) is 1.00. The van der Waals surface area contributed by atoms with Crippen molar-refractivity contribution in [3.05, 3.63) is 0 Å². The summed E-state index contributed by atoms with van der Waals surface area (Å²) in [5.74, 6) is 0.776. The first-order valence-corrected chi connectivity index (χ1v) is 6.61. The summed E-state index contributed by atoms with van der Waals surface area (Å²) in [5.41, 5.74) is 0. The van der Waals surface area contributed by atoms with E-state index in [1.807, 2.05) is 0 Å². The highest BCUT2D eigenvalue weighted by atomic mass is 15.2. The molecule has 0 aromatic carbocycles. The maximum atomic E-state index is 3.67. The van der Waals surface area contributed by atoms with Gasteiger partial charge in [0.1, 0.15) is 0 Å². The van der Waals surface area contributed by atoms with Crippen molar-refractivity contribution in [3.8, 4) is 0 Å². The molecule has 1 rings (SSSR count). The third-order valence-electron chi connectivity index (χ3n) is 3.56. The van der Waals surface area contributed by atoms with Crippen LogP contribution < -0.4 is 5.32 Å². The Morgan fingerprint density at radius 2 is 1.80 bits per heavy atom. The Bertz CT molecular complexity index is 160. The Balaban J connectivity index is 2.18. The van der Waals surface area contributed by atoms with E-state index in [0.717, 1.165) is 18.0 Å². The predicted octanol–water partition coefficient (Wildman–Crippen LogP) is 2.49. The molecule has 0 bridgehead atoms. The van der Waals surface area contributed by atoms with Gasteiger partial charge in [-0.3, -0.25) is 0 Å². The van der Waals surface area contributed by atoms with Gasteiger partial charge in [0.2, 0.25) is 0 Å². The van der Waals surface area contributed by atoms with Crippen molar-refractivity contribution < 1.29 is 0 Å². The highest BCUT2D eigenvalue weighted by Crippen LogP contribution is 2.14. The molecule has 1 aliphatic heterocycles. The van der Waals surface area contributed by atoms with Crippen LogP contribution in [0, 0.1) is 5.92 Å². The molecule has 1 N–H and O–H groups in total. The third-order valence-corrected chi connectivity index (χ3v) is 3.56. The summed E-state index contributed by atoms with van der Waals surface area (Å²) in [7, 11) is 0. The van der Waals surface area contributed by atoms with Crippen LogP contribution in [0.15, 0.2) is 0 Å². The van der Waals surface area contributed by atoms with Crippen molar-refractivity contribution in [2.24, 2.45) is 5.92 Å². The summed E-state index contributed by atoms with van der Waals surface area (Å²) in [6, 6.07) is 1.55. The van der Waals surface area contributed by atoms with Crippen LogP contribution in [-0.4, -0.2) is 36.6 Å². The Hall–Kier alpha value is -0.0800. The van der Waals surface area contributed by atoms with Crippen LogP contribution in [0.5, 0.6) is 0 Å². The van der Waals surface area contributed by atoms with E-state index in [4.69, 9.17) is 0 Å². The first kappa shape index (κ1) is 13.0. The first-order valence-electron chi connectivity index (χ1n) is 6.61. The summed E-state index contributed by atoms with van der Waals surface area (Å²) in [6.45, 7) is 12.9. The molecule has 1 atom stereocenters. The van der Waals surface area contributed by atoms with Gasteiger partial charge in [-0.05, 0) is 51.7 Å². The number of hydrogen-bond acceptors (Lipinski definition) is 2. The molecule has 15 heavy (non-hydrogen) atoms. The van der Waals surface area contributed by atoms with E-state index in [1.165, 1.54) is 38.9 Å². The Kier molecular flexibility index (Phi) is 5.62. The van der Waals surface area contributed by atoms with Crippen LogP contribution >= 0.6 is 0 Å². The van der Waals surface area contributed by atoms with E-state index in [2.05, 4.69) is 37.9 Å². The fourth-order valence-corrected chi connectivity index (χ4v) is 2.20. The number of piperidine rings is 1. The van der Waals surface area contributed by atoms with E-state index in [9.17, 15) is 0 Å². The number of rotatable bonds is 5. The van der Waals surface area contributed by atoms with Crippen LogP contribution in [-0.2, 0) is 0 Å². The molecule has 0 aromatic rings. The minimum Gasteiger partial charge on any atom is -0.314 e. The lowest BCUT2D eigenvalue weighted by atomic mass is 10.0. The Morgan fingerprint density at radius 1 is 1.20 bits per heavy atom. The first-order chi connectivity index (χ1) is 7.13. The van der Waals surface area contributed by atoms with Crippen LogP contribution in [0.25, 0.3) is 0 Å². The van der Waals surface area contributed by atoms with Crippen LogP contribution in [0.1, 0.15) is 47.0 Å². The molecule has 0 radical (unpaired) electrons. The van der Waals surface area contributed by atoms with Crippen LogP contribution in [0.4, 0.5) is 0 Å². The lowest BCUT2D eigenvalue weighted by Crippen LogP contribution is -2.46. The maximum absolute atomic E-state index is 3.67. The van der Waals surface area contributed by atoms with E-state index in [1.54, 1.807) is 0 Å². The van der Waals surface area contributed by atoms with Gasteiger partial charge in [0.15, 0.2) is 0 Å². The van der Waals surface area contributed by atoms with E-state index in [-0.39, 0.29) is 0 Å².